The van der Waals surface area contributed by atoms with E-state index in [4.69, 9.17) is 0 Å². The Kier molecular flexibility index (Phi) is 15.6. The van der Waals surface area contributed by atoms with Crippen LogP contribution in [0.5, 0.6) is 0 Å². The van der Waals surface area contributed by atoms with E-state index in [0.29, 0.717) is 0 Å². The quantitative estimate of drug-likeness (QED) is 0.480. The van der Waals surface area contributed by atoms with E-state index in [1.54, 1.807) is 0 Å². The van der Waals surface area contributed by atoms with Crippen molar-refractivity contribution in [3.05, 3.63) is 0 Å². The molecule has 0 spiro atoms. The minimum Gasteiger partial charge on any atom is -0.0776 e. The van der Waals surface area contributed by atoms with Crippen molar-refractivity contribution >= 4 is 0 Å². The standard InChI is InChI=1S/C7H14.C2H6.2CH4/c1-6-4-3-5-7(6)2;1-2;;/h6-7H,3-5H2,1-2H3;1-2H3;2*1H4/t6-,7?;;;/m0.../s1. The van der Waals surface area contributed by atoms with E-state index in [9.17, 15) is 0 Å². The average molecular weight is 160 g/mol. The average Bonchev–Trinajstić information content (AvgIpc) is 2.23. The first-order valence-corrected chi connectivity index (χ1v) is 4.30. The van der Waals surface area contributed by atoms with Crippen molar-refractivity contribution in [1.29, 1.82) is 0 Å². The highest BCUT2D eigenvalue weighted by atomic mass is 14.2. The van der Waals surface area contributed by atoms with Crippen LogP contribution in [0.15, 0.2) is 0 Å². The molecule has 72 valence electrons. The summed E-state index contributed by atoms with van der Waals surface area (Å²) in [7, 11) is 0. The molecule has 1 aliphatic rings. The topological polar surface area (TPSA) is 0 Å². The van der Waals surface area contributed by atoms with Crippen LogP contribution >= 0.6 is 0 Å². The Labute approximate surface area is 74.4 Å². The first-order chi connectivity index (χ1) is 4.30. The highest BCUT2D eigenvalue weighted by molar-refractivity contribution is 4.69. The predicted molar refractivity (Wildman–Crippen MR) is 57.0 cm³/mol. The summed E-state index contributed by atoms with van der Waals surface area (Å²) in [4.78, 5) is 0. The van der Waals surface area contributed by atoms with Crippen LogP contribution in [0.1, 0.15) is 61.8 Å². The molecule has 0 heterocycles. The van der Waals surface area contributed by atoms with Gasteiger partial charge < -0.3 is 0 Å². The third-order valence-corrected chi connectivity index (χ3v) is 2.29. The predicted octanol–water partition coefficient (Wildman–Crippen LogP) is 4.74. The minimum atomic E-state index is 0. The van der Waals surface area contributed by atoms with E-state index < -0.39 is 0 Å². The molecule has 1 aliphatic carbocycles. The molecule has 1 unspecified atom stereocenters. The fraction of sp³-hybridized carbons (Fsp3) is 1.00. The smallest absolute Gasteiger partial charge is 0.0417 e. The Bertz CT molecular complexity index is 49.1. The molecule has 0 nitrogen and oxygen atoms in total. The molecule has 1 fully saturated rings. The second-order valence-electron chi connectivity index (χ2n) is 2.89. The maximum atomic E-state index is 2.36. The first-order valence-electron chi connectivity index (χ1n) is 4.30. The summed E-state index contributed by atoms with van der Waals surface area (Å²) in [6.07, 6.45) is 4.42. The summed E-state index contributed by atoms with van der Waals surface area (Å²) in [5.74, 6) is 2.03. The highest BCUT2D eigenvalue weighted by Gasteiger charge is 2.17. The van der Waals surface area contributed by atoms with Gasteiger partial charge in [-0.2, -0.15) is 0 Å². The van der Waals surface area contributed by atoms with Gasteiger partial charge in [0.15, 0.2) is 0 Å². The molecule has 0 radical (unpaired) electrons. The molecule has 0 amide bonds. The van der Waals surface area contributed by atoms with Crippen molar-refractivity contribution in [2.45, 2.75) is 61.8 Å². The Balaban J connectivity index is -0.000000149. The van der Waals surface area contributed by atoms with E-state index in [1.807, 2.05) is 13.8 Å². The van der Waals surface area contributed by atoms with Gasteiger partial charge in [0.1, 0.15) is 0 Å². The molecule has 0 N–H and O–H groups in total. The normalized spacial score (nSPS) is 27.3. The zero-order chi connectivity index (χ0) is 7.28. The summed E-state index contributed by atoms with van der Waals surface area (Å²) in [6.45, 7) is 8.72. The van der Waals surface area contributed by atoms with Crippen molar-refractivity contribution in [2.24, 2.45) is 11.8 Å². The minimum absolute atomic E-state index is 0. The summed E-state index contributed by atoms with van der Waals surface area (Å²) < 4.78 is 0. The molecule has 1 rings (SSSR count). The van der Waals surface area contributed by atoms with E-state index in [2.05, 4.69) is 13.8 Å². The molecular formula is C11H28. The zero-order valence-electron chi connectivity index (χ0n) is 7.28. The molecule has 0 heteroatoms. The Morgan fingerprint density at radius 2 is 1.09 bits per heavy atom. The SMILES string of the molecule is C.C.CC.CC1CCC[C@@H]1C. The molecule has 0 aromatic heterocycles. The molecular weight excluding hydrogens is 132 g/mol. The van der Waals surface area contributed by atoms with Gasteiger partial charge in [0, 0.05) is 0 Å². The van der Waals surface area contributed by atoms with Crippen molar-refractivity contribution in [1.82, 2.24) is 0 Å². The maximum absolute atomic E-state index is 2.36. The summed E-state index contributed by atoms with van der Waals surface area (Å²) in [5, 5.41) is 0. The monoisotopic (exact) mass is 160 g/mol. The number of hydrogen-bond acceptors (Lipinski definition) is 0. The van der Waals surface area contributed by atoms with Crippen LogP contribution in [0.25, 0.3) is 0 Å². The van der Waals surface area contributed by atoms with Crippen LogP contribution in [0, 0.1) is 11.8 Å². The molecule has 0 saturated heterocycles. The van der Waals surface area contributed by atoms with E-state index in [0.717, 1.165) is 11.8 Å². The van der Waals surface area contributed by atoms with Crippen molar-refractivity contribution in [3.63, 3.8) is 0 Å². The van der Waals surface area contributed by atoms with Gasteiger partial charge in [-0.25, -0.2) is 0 Å². The van der Waals surface area contributed by atoms with Gasteiger partial charge in [-0.15, -0.1) is 0 Å². The molecule has 0 aromatic rings. The zero-order valence-corrected chi connectivity index (χ0v) is 7.28. The van der Waals surface area contributed by atoms with Gasteiger partial charge in [-0.1, -0.05) is 61.8 Å². The van der Waals surface area contributed by atoms with Crippen LogP contribution in [0.2, 0.25) is 0 Å². The lowest BCUT2D eigenvalue weighted by Gasteiger charge is -2.05. The summed E-state index contributed by atoms with van der Waals surface area (Å²) in [5.41, 5.74) is 0. The fourth-order valence-corrected chi connectivity index (χ4v) is 1.33. The van der Waals surface area contributed by atoms with Crippen LogP contribution in [-0.2, 0) is 0 Å². The lowest BCUT2D eigenvalue weighted by molar-refractivity contribution is 0.457. The Morgan fingerprint density at radius 3 is 1.18 bits per heavy atom. The van der Waals surface area contributed by atoms with Crippen LogP contribution in [0.3, 0.4) is 0 Å². The largest absolute Gasteiger partial charge is 0.0776 e. The second kappa shape index (κ2) is 10.0. The van der Waals surface area contributed by atoms with Crippen LogP contribution in [-0.4, -0.2) is 0 Å². The van der Waals surface area contributed by atoms with Crippen molar-refractivity contribution < 1.29 is 0 Å². The third kappa shape index (κ3) is 6.40. The number of rotatable bonds is 0. The second-order valence-corrected chi connectivity index (χ2v) is 2.89. The molecule has 0 aliphatic heterocycles. The Morgan fingerprint density at radius 1 is 0.818 bits per heavy atom. The summed E-state index contributed by atoms with van der Waals surface area (Å²) >= 11 is 0. The fourth-order valence-electron chi connectivity index (χ4n) is 1.33. The lowest BCUT2D eigenvalue weighted by atomic mass is 10.0. The number of hydrogen-bond donors (Lipinski definition) is 0. The van der Waals surface area contributed by atoms with Crippen LogP contribution in [0.4, 0.5) is 0 Å². The Hall–Kier alpha value is 0. The van der Waals surface area contributed by atoms with Gasteiger partial charge >= 0.3 is 0 Å². The third-order valence-electron chi connectivity index (χ3n) is 2.29. The van der Waals surface area contributed by atoms with Gasteiger partial charge in [0.25, 0.3) is 0 Å². The van der Waals surface area contributed by atoms with Gasteiger partial charge in [0.2, 0.25) is 0 Å². The van der Waals surface area contributed by atoms with E-state index in [-0.39, 0.29) is 14.9 Å². The van der Waals surface area contributed by atoms with E-state index in [1.165, 1.54) is 19.3 Å². The molecule has 11 heavy (non-hydrogen) atoms. The van der Waals surface area contributed by atoms with Crippen LogP contribution < -0.4 is 0 Å². The van der Waals surface area contributed by atoms with Gasteiger partial charge in [-0.05, 0) is 11.8 Å². The van der Waals surface area contributed by atoms with E-state index >= 15 is 0 Å². The molecule has 0 aromatic carbocycles. The summed E-state index contributed by atoms with van der Waals surface area (Å²) in [6, 6.07) is 0. The van der Waals surface area contributed by atoms with Gasteiger partial charge in [-0.3, -0.25) is 0 Å². The van der Waals surface area contributed by atoms with Crippen molar-refractivity contribution in [2.75, 3.05) is 0 Å². The molecule has 2 atom stereocenters. The maximum Gasteiger partial charge on any atom is -0.0417 e. The molecule has 0 bridgehead atoms. The van der Waals surface area contributed by atoms with Crippen molar-refractivity contribution in [3.8, 4) is 0 Å². The lowest BCUT2D eigenvalue weighted by Crippen LogP contribution is -1.95. The highest BCUT2D eigenvalue weighted by Crippen LogP contribution is 2.29. The molecule has 1 saturated carbocycles. The van der Waals surface area contributed by atoms with Gasteiger partial charge in [0.05, 0.1) is 0 Å². The first kappa shape index (κ1) is 17.2.